The number of rotatable bonds is 4. The summed E-state index contributed by atoms with van der Waals surface area (Å²) in [4.78, 5) is 19.2. The lowest BCUT2D eigenvalue weighted by molar-refractivity contribution is 0.331. The van der Waals surface area contributed by atoms with Crippen molar-refractivity contribution in [2.24, 2.45) is 0 Å². The number of hydrogen-bond donors (Lipinski definition) is 1. The molecular formula is C24H25N5O. The van der Waals surface area contributed by atoms with Crippen LogP contribution in [-0.2, 0) is 13.0 Å². The van der Waals surface area contributed by atoms with E-state index in [4.69, 9.17) is 4.74 Å². The van der Waals surface area contributed by atoms with Crippen LogP contribution in [0, 0.1) is 6.92 Å². The molecule has 6 nitrogen and oxygen atoms in total. The predicted molar refractivity (Wildman–Crippen MR) is 119 cm³/mol. The Hall–Kier alpha value is -3.41. The smallest absolute Gasteiger partial charge is 0.225 e. The summed E-state index contributed by atoms with van der Waals surface area (Å²) in [5.41, 5.74) is 6.69. The Bertz CT molecular complexity index is 1180. The summed E-state index contributed by atoms with van der Waals surface area (Å²) in [6, 6.07) is 12.7. The highest BCUT2D eigenvalue weighted by Crippen LogP contribution is 2.31. The van der Waals surface area contributed by atoms with Gasteiger partial charge in [0.2, 0.25) is 5.95 Å². The van der Waals surface area contributed by atoms with Crippen LogP contribution in [0.15, 0.2) is 48.8 Å². The van der Waals surface area contributed by atoms with Gasteiger partial charge in [0.25, 0.3) is 0 Å². The van der Waals surface area contributed by atoms with E-state index in [0.717, 1.165) is 71.2 Å². The standard InChI is InChI=1S/C24H25N5O/c1-3-4-17-13-25-24(26-14-17)29-9-10-30-23-8-6-18(11-20(23)15-29)19-5-7-21-22(12-19)28-16(2)27-21/h5-8,11-14H,3-4,9-10,15H2,1-2H3,(H,27,28). The molecule has 3 heterocycles. The maximum absolute atomic E-state index is 6.01. The minimum atomic E-state index is 0.617. The normalized spacial score (nSPS) is 13.7. The summed E-state index contributed by atoms with van der Waals surface area (Å²) < 4.78 is 6.01. The fourth-order valence-corrected chi connectivity index (χ4v) is 3.99. The van der Waals surface area contributed by atoms with Crippen LogP contribution in [-0.4, -0.2) is 33.1 Å². The Labute approximate surface area is 176 Å². The first kappa shape index (κ1) is 18.6. The third kappa shape index (κ3) is 3.61. The monoisotopic (exact) mass is 399 g/mol. The molecule has 0 atom stereocenters. The minimum Gasteiger partial charge on any atom is -0.491 e. The summed E-state index contributed by atoms with van der Waals surface area (Å²) in [5, 5.41) is 0. The van der Waals surface area contributed by atoms with Crippen molar-refractivity contribution in [1.29, 1.82) is 0 Å². The highest BCUT2D eigenvalue weighted by atomic mass is 16.5. The Kier molecular flexibility index (Phi) is 4.83. The zero-order chi connectivity index (χ0) is 20.5. The van der Waals surface area contributed by atoms with E-state index in [0.29, 0.717) is 6.61 Å². The molecule has 0 saturated heterocycles. The molecule has 0 amide bonds. The van der Waals surface area contributed by atoms with E-state index in [-0.39, 0.29) is 0 Å². The summed E-state index contributed by atoms with van der Waals surface area (Å²) >= 11 is 0. The molecular weight excluding hydrogens is 374 g/mol. The van der Waals surface area contributed by atoms with Gasteiger partial charge in [-0.2, -0.15) is 0 Å². The van der Waals surface area contributed by atoms with Gasteiger partial charge in [-0.3, -0.25) is 0 Å². The van der Waals surface area contributed by atoms with Gasteiger partial charge >= 0.3 is 0 Å². The van der Waals surface area contributed by atoms with E-state index in [9.17, 15) is 0 Å². The predicted octanol–water partition coefficient (Wildman–Crippen LogP) is 4.68. The molecule has 0 spiro atoms. The van der Waals surface area contributed by atoms with Gasteiger partial charge in [-0.1, -0.05) is 25.5 Å². The number of aromatic amines is 1. The SMILES string of the molecule is CCCc1cnc(N2CCOc3ccc(-c4ccc5nc(C)[nH]c5c4)cc3C2)nc1. The number of nitrogens with one attached hydrogen (secondary N) is 1. The van der Waals surface area contributed by atoms with Gasteiger partial charge in [0.15, 0.2) is 0 Å². The molecule has 2 aromatic heterocycles. The van der Waals surface area contributed by atoms with Crippen molar-refractivity contribution in [3.05, 3.63) is 65.7 Å². The first-order valence-electron chi connectivity index (χ1n) is 10.5. The van der Waals surface area contributed by atoms with Crippen molar-refractivity contribution in [1.82, 2.24) is 19.9 Å². The van der Waals surface area contributed by atoms with Gasteiger partial charge in [-0.15, -0.1) is 0 Å². The fourth-order valence-electron chi connectivity index (χ4n) is 3.99. The first-order valence-corrected chi connectivity index (χ1v) is 10.5. The lowest BCUT2D eigenvalue weighted by atomic mass is 10.0. The molecule has 0 saturated carbocycles. The van der Waals surface area contributed by atoms with Gasteiger partial charge in [-0.25, -0.2) is 15.0 Å². The zero-order valence-electron chi connectivity index (χ0n) is 17.4. The van der Waals surface area contributed by atoms with Crippen molar-refractivity contribution in [3.8, 4) is 16.9 Å². The quantitative estimate of drug-likeness (QED) is 0.540. The number of H-pyrrole nitrogens is 1. The topological polar surface area (TPSA) is 66.9 Å². The zero-order valence-corrected chi connectivity index (χ0v) is 17.4. The molecule has 0 fully saturated rings. The van der Waals surface area contributed by atoms with Crippen LogP contribution >= 0.6 is 0 Å². The average molecular weight is 399 g/mol. The summed E-state index contributed by atoms with van der Waals surface area (Å²) in [7, 11) is 0. The molecule has 0 aliphatic carbocycles. The van der Waals surface area contributed by atoms with Crippen LogP contribution in [0.3, 0.4) is 0 Å². The van der Waals surface area contributed by atoms with Crippen LogP contribution in [0.4, 0.5) is 5.95 Å². The molecule has 1 aliphatic rings. The maximum atomic E-state index is 6.01. The molecule has 0 radical (unpaired) electrons. The van der Waals surface area contributed by atoms with E-state index in [1.807, 2.05) is 19.3 Å². The number of nitrogens with zero attached hydrogens (tertiary/aromatic N) is 4. The summed E-state index contributed by atoms with van der Waals surface area (Å²) in [6.07, 6.45) is 5.99. The number of ether oxygens (including phenoxy) is 1. The largest absolute Gasteiger partial charge is 0.491 e. The number of fused-ring (bicyclic) bond motifs is 2. The molecule has 4 aromatic rings. The highest BCUT2D eigenvalue weighted by molar-refractivity contribution is 5.82. The second kappa shape index (κ2) is 7.78. The van der Waals surface area contributed by atoms with Crippen LogP contribution < -0.4 is 9.64 Å². The Balaban J connectivity index is 1.45. The number of hydrogen-bond acceptors (Lipinski definition) is 5. The van der Waals surface area contributed by atoms with E-state index < -0.39 is 0 Å². The molecule has 1 aliphatic heterocycles. The molecule has 0 bridgehead atoms. The van der Waals surface area contributed by atoms with Gasteiger partial charge < -0.3 is 14.6 Å². The van der Waals surface area contributed by atoms with E-state index in [2.05, 4.69) is 68.2 Å². The molecule has 6 heteroatoms. The molecule has 2 aromatic carbocycles. The third-order valence-electron chi connectivity index (χ3n) is 5.49. The number of aryl methyl sites for hydroxylation is 2. The maximum Gasteiger partial charge on any atom is 0.225 e. The van der Waals surface area contributed by atoms with Gasteiger partial charge in [0.05, 0.1) is 17.6 Å². The second-order valence-corrected chi connectivity index (χ2v) is 7.79. The third-order valence-corrected chi connectivity index (χ3v) is 5.49. The second-order valence-electron chi connectivity index (χ2n) is 7.79. The van der Waals surface area contributed by atoms with Crippen LogP contribution in [0.25, 0.3) is 22.2 Å². The van der Waals surface area contributed by atoms with Crippen molar-refractivity contribution in [2.75, 3.05) is 18.1 Å². The van der Waals surface area contributed by atoms with Gasteiger partial charge in [0, 0.05) is 24.5 Å². The van der Waals surface area contributed by atoms with Gasteiger partial charge in [0.1, 0.15) is 18.2 Å². The Morgan fingerprint density at radius 3 is 2.70 bits per heavy atom. The van der Waals surface area contributed by atoms with E-state index >= 15 is 0 Å². The lowest BCUT2D eigenvalue weighted by Gasteiger charge is -2.19. The number of anilines is 1. The van der Waals surface area contributed by atoms with Crippen molar-refractivity contribution in [2.45, 2.75) is 33.2 Å². The van der Waals surface area contributed by atoms with Crippen molar-refractivity contribution >= 4 is 17.0 Å². The highest BCUT2D eigenvalue weighted by Gasteiger charge is 2.18. The van der Waals surface area contributed by atoms with Crippen LogP contribution in [0.1, 0.15) is 30.3 Å². The first-order chi connectivity index (χ1) is 14.7. The molecule has 0 unspecified atom stereocenters. The molecule has 152 valence electrons. The van der Waals surface area contributed by atoms with E-state index in [1.165, 1.54) is 5.56 Å². The minimum absolute atomic E-state index is 0.617. The lowest BCUT2D eigenvalue weighted by Crippen LogP contribution is -2.27. The molecule has 30 heavy (non-hydrogen) atoms. The molecule has 1 N–H and O–H groups in total. The summed E-state index contributed by atoms with van der Waals surface area (Å²) in [6.45, 7) is 6.24. The molecule has 5 rings (SSSR count). The number of benzene rings is 2. The number of aromatic nitrogens is 4. The average Bonchev–Trinajstić information content (AvgIpc) is 3.00. The van der Waals surface area contributed by atoms with Crippen molar-refractivity contribution in [3.63, 3.8) is 0 Å². The summed E-state index contributed by atoms with van der Waals surface area (Å²) in [5.74, 6) is 2.62. The van der Waals surface area contributed by atoms with Crippen LogP contribution in [0.2, 0.25) is 0 Å². The number of imidazole rings is 1. The van der Waals surface area contributed by atoms with Gasteiger partial charge in [-0.05, 0) is 54.3 Å². The fraction of sp³-hybridized carbons (Fsp3) is 0.292. The van der Waals surface area contributed by atoms with E-state index in [1.54, 1.807) is 0 Å². The Morgan fingerprint density at radius 1 is 1.07 bits per heavy atom. The van der Waals surface area contributed by atoms with Crippen LogP contribution in [0.5, 0.6) is 5.75 Å². The Morgan fingerprint density at radius 2 is 1.87 bits per heavy atom. The van der Waals surface area contributed by atoms with Crippen molar-refractivity contribution < 1.29 is 4.74 Å².